The van der Waals surface area contributed by atoms with Crippen LogP contribution in [0, 0.1) is 0 Å². The monoisotopic (exact) mass is 253 g/mol. The summed E-state index contributed by atoms with van der Waals surface area (Å²) in [4.78, 5) is 9.13. The second-order valence-corrected chi connectivity index (χ2v) is 5.07. The Labute approximate surface area is 114 Å². The van der Waals surface area contributed by atoms with Crippen molar-refractivity contribution in [3.63, 3.8) is 0 Å². The van der Waals surface area contributed by atoms with Gasteiger partial charge in [0, 0.05) is 17.6 Å². The molecule has 1 heterocycles. The minimum absolute atomic E-state index is 0.713. The maximum Gasteiger partial charge on any atom is 0.227 e. The normalized spacial score (nSPS) is 15.2. The van der Waals surface area contributed by atoms with E-state index in [0.717, 1.165) is 18.5 Å². The lowest BCUT2D eigenvalue weighted by Crippen LogP contribution is -2.06. The van der Waals surface area contributed by atoms with E-state index in [1.165, 1.54) is 36.9 Å². The highest BCUT2D eigenvalue weighted by molar-refractivity contribution is 5.52. The van der Waals surface area contributed by atoms with Crippen molar-refractivity contribution in [2.45, 2.75) is 38.5 Å². The summed E-state index contributed by atoms with van der Waals surface area (Å²) in [5.41, 5.74) is 3.60. The summed E-state index contributed by atoms with van der Waals surface area (Å²) in [5, 5.41) is 3.27. The maximum absolute atomic E-state index is 4.69. The van der Waals surface area contributed by atoms with Crippen molar-refractivity contribution in [3.8, 4) is 0 Å². The molecule has 0 saturated heterocycles. The van der Waals surface area contributed by atoms with E-state index in [0.29, 0.717) is 5.95 Å². The number of rotatable bonds is 2. The number of nitrogens with one attached hydrogen (secondary N) is 1. The molecule has 0 unspecified atom stereocenters. The molecule has 0 amide bonds. The maximum atomic E-state index is 4.69. The minimum Gasteiger partial charge on any atom is -0.324 e. The molecule has 0 saturated carbocycles. The summed E-state index contributed by atoms with van der Waals surface area (Å²) < 4.78 is 0. The smallest absolute Gasteiger partial charge is 0.227 e. The Morgan fingerprint density at radius 2 is 1.68 bits per heavy atom. The van der Waals surface area contributed by atoms with Gasteiger partial charge in [0.25, 0.3) is 0 Å². The number of anilines is 2. The first-order valence-corrected chi connectivity index (χ1v) is 7.09. The van der Waals surface area contributed by atoms with Gasteiger partial charge >= 0.3 is 0 Å². The van der Waals surface area contributed by atoms with Crippen molar-refractivity contribution in [1.82, 2.24) is 9.97 Å². The Morgan fingerprint density at radius 3 is 2.53 bits per heavy atom. The van der Waals surface area contributed by atoms with Gasteiger partial charge in [-0.25, -0.2) is 9.97 Å². The number of benzene rings is 1. The van der Waals surface area contributed by atoms with Crippen LogP contribution in [0.1, 0.15) is 36.9 Å². The zero-order valence-corrected chi connectivity index (χ0v) is 11.1. The van der Waals surface area contributed by atoms with Crippen molar-refractivity contribution in [2.75, 3.05) is 5.32 Å². The van der Waals surface area contributed by atoms with Crippen LogP contribution in [0.3, 0.4) is 0 Å². The second-order valence-electron chi connectivity index (χ2n) is 5.07. The fraction of sp³-hybridized carbons (Fsp3) is 0.375. The molecule has 2 aromatic rings. The molecule has 0 radical (unpaired) electrons. The molecule has 1 aromatic heterocycles. The number of hydrogen-bond donors (Lipinski definition) is 1. The van der Waals surface area contributed by atoms with E-state index in [4.69, 9.17) is 0 Å². The first kappa shape index (κ1) is 12.2. The van der Waals surface area contributed by atoms with Crippen molar-refractivity contribution in [3.05, 3.63) is 47.8 Å². The molecule has 0 aliphatic heterocycles. The number of nitrogens with zero attached hydrogens (tertiary/aromatic N) is 2. The lowest BCUT2D eigenvalue weighted by Gasteiger charge is -2.13. The molecule has 0 atom stereocenters. The molecule has 1 aromatic carbocycles. The number of aryl methyl sites for hydroxylation is 2. The van der Waals surface area contributed by atoms with E-state index in [-0.39, 0.29) is 0 Å². The van der Waals surface area contributed by atoms with Crippen LogP contribution >= 0.6 is 0 Å². The van der Waals surface area contributed by atoms with Gasteiger partial charge in [0.2, 0.25) is 5.95 Å². The minimum atomic E-state index is 0.713. The summed E-state index contributed by atoms with van der Waals surface area (Å²) in [5.74, 6) is 0.713. The lowest BCUT2D eigenvalue weighted by molar-refractivity contribution is 0.607. The van der Waals surface area contributed by atoms with E-state index < -0.39 is 0 Å². The van der Waals surface area contributed by atoms with Crippen molar-refractivity contribution < 1.29 is 0 Å². The number of para-hydroxylation sites is 1. The first-order chi connectivity index (χ1) is 9.42. The van der Waals surface area contributed by atoms with Crippen molar-refractivity contribution in [2.24, 2.45) is 0 Å². The zero-order valence-electron chi connectivity index (χ0n) is 11.1. The quantitative estimate of drug-likeness (QED) is 0.882. The fourth-order valence-electron chi connectivity index (χ4n) is 2.54. The third-order valence-electron chi connectivity index (χ3n) is 3.59. The van der Waals surface area contributed by atoms with E-state index in [9.17, 15) is 0 Å². The van der Waals surface area contributed by atoms with Crippen molar-refractivity contribution in [1.29, 1.82) is 0 Å². The first-order valence-electron chi connectivity index (χ1n) is 7.09. The Morgan fingerprint density at radius 1 is 0.895 bits per heavy atom. The van der Waals surface area contributed by atoms with Crippen LogP contribution in [0.25, 0.3) is 0 Å². The van der Waals surface area contributed by atoms with Gasteiger partial charge in [-0.2, -0.15) is 0 Å². The number of fused-ring (bicyclic) bond motifs is 1. The molecule has 0 fully saturated rings. The molecular weight excluding hydrogens is 234 g/mol. The molecule has 1 aliphatic rings. The van der Waals surface area contributed by atoms with Gasteiger partial charge in [0.15, 0.2) is 0 Å². The van der Waals surface area contributed by atoms with Gasteiger partial charge in [-0.05, 0) is 43.4 Å². The van der Waals surface area contributed by atoms with Crippen LogP contribution < -0.4 is 5.32 Å². The lowest BCUT2D eigenvalue weighted by atomic mass is 9.98. The fourth-order valence-corrected chi connectivity index (χ4v) is 2.54. The van der Waals surface area contributed by atoms with Crippen LogP contribution in [0.5, 0.6) is 0 Å². The Balaban J connectivity index is 1.81. The predicted octanol–water partition coefficient (Wildman–Crippen LogP) is 3.88. The average molecular weight is 253 g/mol. The summed E-state index contributed by atoms with van der Waals surface area (Å²) in [7, 11) is 0. The second kappa shape index (κ2) is 5.83. The van der Waals surface area contributed by atoms with Gasteiger partial charge in [-0.1, -0.05) is 31.0 Å². The molecule has 1 N–H and O–H groups in total. The Hall–Kier alpha value is -1.90. The Bertz CT molecular complexity index is 537. The molecule has 19 heavy (non-hydrogen) atoms. The predicted molar refractivity (Wildman–Crippen MR) is 77.6 cm³/mol. The van der Waals surface area contributed by atoms with Crippen LogP contribution in [-0.2, 0) is 12.8 Å². The van der Waals surface area contributed by atoms with Crippen LogP contribution in [0.2, 0.25) is 0 Å². The summed E-state index contributed by atoms with van der Waals surface area (Å²) in [6.45, 7) is 0. The van der Waals surface area contributed by atoms with Gasteiger partial charge in [-0.3, -0.25) is 0 Å². The third kappa shape index (κ3) is 3.11. The van der Waals surface area contributed by atoms with Gasteiger partial charge in [-0.15, -0.1) is 0 Å². The molecule has 3 rings (SSSR count). The van der Waals surface area contributed by atoms with Gasteiger partial charge in [0.05, 0.1) is 0 Å². The molecule has 0 bridgehead atoms. The van der Waals surface area contributed by atoms with E-state index in [1.807, 2.05) is 36.5 Å². The van der Waals surface area contributed by atoms with E-state index >= 15 is 0 Å². The van der Waals surface area contributed by atoms with Crippen LogP contribution in [-0.4, -0.2) is 9.97 Å². The van der Waals surface area contributed by atoms with Crippen molar-refractivity contribution >= 4 is 11.6 Å². The zero-order chi connectivity index (χ0) is 12.9. The molecule has 3 heteroatoms. The van der Waals surface area contributed by atoms with Crippen LogP contribution in [0.15, 0.2) is 36.5 Å². The van der Waals surface area contributed by atoms with Gasteiger partial charge < -0.3 is 5.32 Å². The molecule has 98 valence electrons. The Kier molecular flexibility index (Phi) is 3.73. The topological polar surface area (TPSA) is 37.8 Å². The summed E-state index contributed by atoms with van der Waals surface area (Å²) in [6, 6.07) is 10.1. The summed E-state index contributed by atoms with van der Waals surface area (Å²) in [6.07, 6.45) is 9.38. The highest BCUT2D eigenvalue weighted by Crippen LogP contribution is 2.20. The van der Waals surface area contributed by atoms with E-state index in [1.54, 1.807) is 0 Å². The number of aromatic nitrogens is 2. The standard InChI is InChI=1S/C16H19N3/c1-2-7-11-15-13(8-4-1)12-17-16(19-15)18-14-9-5-3-6-10-14/h3,5-6,9-10,12H,1-2,4,7-8,11H2,(H,17,18,19). The van der Waals surface area contributed by atoms with E-state index in [2.05, 4.69) is 15.3 Å². The highest BCUT2D eigenvalue weighted by atomic mass is 15.1. The number of hydrogen-bond acceptors (Lipinski definition) is 3. The largest absolute Gasteiger partial charge is 0.324 e. The molecular formula is C16H19N3. The molecule has 0 spiro atoms. The van der Waals surface area contributed by atoms with Gasteiger partial charge in [0.1, 0.15) is 0 Å². The SMILES string of the molecule is c1ccc(Nc2ncc3c(n2)CCCCCC3)cc1. The highest BCUT2D eigenvalue weighted by Gasteiger charge is 2.10. The summed E-state index contributed by atoms with van der Waals surface area (Å²) >= 11 is 0. The van der Waals surface area contributed by atoms with Crippen LogP contribution in [0.4, 0.5) is 11.6 Å². The molecule has 1 aliphatic carbocycles. The third-order valence-corrected chi connectivity index (χ3v) is 3.59. The molecule has 3 nitrogen and oxygen atoms in total. The average Bonchev–Trinajstić information content (AvgIpc) is 2.42.